The Kier molecular flexibility index (Phi) is 5.64. The Balaban J connectivity index is 2.06. The second-order valence-corrected chi connectivity index (χ2v) is 7.05. The van der Waals surface area contributed by atoms with E-state index in [1.54, 1.807) is 0 Å². The molecule has 2 aliphatic rings. The van der Waals surface area contributed by atoms with Gasteiger partial charge in [-0.1, -0.05) is 6.58 Å². The minimum absolute atomic E-state index is 0.320. The molecule has 0 aromatic heterocycles. The van der Waals surface area contributed by atoms with E-state index in [4.69, 9.17) is 25.0 Å². The van der Waals surface area contributed by atoms with Crippen molar-refractivity contribution in [2.75, 3.05) is 6.61 Å². The predicted molar refractivity (Wildman–Crippen MR) is 80.3 cm³/mol. The van der Waals surface area contributed by atoms with Crippen molar-refractivity contribution < 1.29 is 43.6 Å². The summed E-state index contributed by atoms with van der Waals surface area (Å²) in [5.74, 6) is -3.62. The number of aliphatic hydroxyl groups is 2. The van der Waals surface area contributed by atoms with E-state index in [-0.39, 0.29) is 0 Å². The van der Waals surface area contributed by atoms with Crippen LogP contribution in [0.4, 0.5) is 4.79 Å². The summed E-state index contributed by atoms with van der Waals surface area (Å²) in [5, 5.41) is 22.4. The Morgan fingerprint density at radius 2 is 2.12 bits per heavy atom. The number of carbonyl (C=O) groups excluding carboxylic acids is 2. The molecule has 0 saturated carbocycles. The molecule has 0 aromatic carbocycles. The van der Waals surface area contributed by atoms with Gasteiger partial charge in [-0.15, -0.1) is 0 Å². The van der Waals surface area contributed by atoms with Crippen LogP contribution in [-0.4, -0.2) is 73.8 Å². The smallest absolute Gasteiger partial charge is 0.363 e. The number of nitrogens with two attached hydrogens (primary N) is 1. The first-order valence-corrected chi connectivity index (χ1v) is 8.64. The van der Waals surface area contributed by atoms with E-state index in [1.165, 1.54) is 12.3 Å². The fourth-order valence-corrected chi connectivity index (χ4v) is 2.92. The van der Waals surface area contributed by atoms with E-state index in [1.807, 2.05) is 0 Å². The fourth-order valence-electron chi connectivity index (χ4n) is 2.31. The van der Waals surface area contributed by atoms with Gasteiger partial charge in [0, 0.05) is 11.9 Å². The summed E-state index contributed by atoms with van der Waals surface area (Å²) in [6.07, 6.45) is -2.90. The van der Waals surface area contributed by atoms with Crippen molar-refractivity contribution in [3.05, 3.63) is 24.6 Å². The average molecular weight is 379 g/mol. The van der Waals surface area contributed by atoms with Crippen LogP contribution in [0.3, 0.4) is 0 Å². The number of amides is 3. The quantitative estimate of drug-likeness (QED) is 0.270. The molecule has 1 fully saturated rings. The topological polar surface area (TPSA) is 192 Å². The van der Waals surface area contributed by atoms with E-state index >= 15 is 0 Å². The number of hydrogen-bond donors (Lipinski definition) is 6. The molecule has 12 nitrogen and oxygen atoms in total. The van der Waals surface area contributed by atoms with Crippen molar-refractivity contribution in [1.29, 1.82) is 0 Å². The minimum atomic E-state index is -4.97. The number of urea groups is 1. The zero-order valence-corrected chi connectivity index (χ0v) is 13.7. The molecule has 3 amide bonds. The number of ether oxygens (including phenoxy) is 2. The first kappa shape index (κ1) is 19.5. The van der Waals surface area contributed by atoms with Crippen molar-refractivity contribution in [3.8, 4) is 0 Å². The summed E-state index contributed by atoms with van der Waals surface area (Å²) in [6, 6.07) is -0.657. The second-order valence-electron chi connectivity index (χ2n) is 5.40. The lowest BCUT2D eigenvalue weighted by molar-refractivity contribution is -0.129. The van der Waals surface area contributed by atoms with Crippen LogP contribution in [-0.2, 0) is 18.8 Å². The van der Waals surface area contributed by atoms with Gasteiger partial charge < -0.3 is 40.5 Å². The molecule has 2 rings (SSSR count). The van der Waals surface area contributed by atoms with Gasteiger partial charge >= 0.3 is 13.6 Å². The van der Waals surface area contributed by atoms with Gasteiger partial charge in [-0.2, -0.15) is 0 Å². The van der Waals surface area contributed by atoms with E-state index in [0.29, 0.717) is 5.70 Å². The molecule has 0 spiro atoms. The lowest BCUT2D eigenvalue weighted by Gasteiger charge is -2.30. The van der Waals surface area contributed by atoms with Gasteiger partial charge in [0.25, 0.3) is 5.91 Å². The van der Waals surface area contributed by atoms with Crippen molar-refractivity contribution in [2.24, 2.45) is 5.73 Å². The minimum Gasteiger partial charge on any atom is -0.387 e. The van der Waals surface area contributed by atoms with Gasteiger partial charge in [0.05, 0.1) is 6.61 Å². The lowest BCUT2D eigenvalue weighted by atomic mass is 10.1. The number of carbonyl (C=O) groups is 2. The van der Waals surface area contributed by atoms with Crippen molar-refractivity contribution >= 4 is 19.5 Å². The highest BCUT2D eigenvalue weighted by atomic mass is 31.2. The van der Waals surface area contributed by atoms with Crippen molar-refractivity contribution in [2.45, 2.75) is 30.4 Å². The van der Waals surface area contributed by atoms with E-state index < -0.39 is 56.5 Å². The van der Waals surface area contributed by atoms with Crippen molar-refractivity contribution in [1.82, 2.24) is 10.2 Å². The van der Waals surface area contributed by atoms with Crippen LogP contribution in [0.25, 0.3) is 0 Å². The van der Waals surface area contributed by atoms with Crippen LogP contribution in [0.2, 0.25) is 0 Å². The first-order chi connectivity index (χ1) is 11.5. The third kappa shape index (κ3) is 4.25. The molecular formula is C12H18N3O9P. The zero-order chi connectivity index (χ0) is 18.9. The van der Waals surface area contributed by atoms with E-state index in [9.17, 15) is 24.4 Å². The maximum Gasteiger partial charge on any atom is 0.363 e. The highest BCUT2D eigenvalue weighted by Crippen LogP contribution is 2.42. The molecule has 2 aliphatic heterocycles. The predicted octanol–water partition coefficient (Wildman–Crippen LogP) is -2.51. The van der Waals surface area contributed by atoms with Crippen LogP contribution >= 0.6 is 7.60 Å². The summed E-state index contributed by atoms with van der Waals surface area (Å²) >= 11 is 0. The van der Waals surface area contributed by atoms with Crippen LogP contribution in [0.1, 0.15) is 0 Å². The molecule has 5 atom stereocenters. The number of aliphatic hydroxyl groups excluding tert-OH is 2. The van der Waals surface area contributed by atoms with Gasteiger partial charge in [-0.25, -0.2) is 4.79 Å². The summed E-state index contributed by atoms with van der Waals surface area (Å²) < 4.78 is 21.2. The molecule has 0 aliphatic carbocycles. The van der Waals surface area contributed by atoms with Crippen LogP contribution in [0, 0.1) is 0 Å². The number of allylic oxidation sites excluding steroid dienone is 1. The van der Waals surface area contributed by atoms with Crippen LogP contribution < -0.4 is 11.1 Å². The van der Waals surface area contributed by atoms with Crippen LogP contribution in [0.5, 0.6) is 0 Å². The molecule has 13 heteroatoms. The Labute approximate surface area is 141 Å². The zero-order valence-electron chi connectivity index (χ0n) is 12.8. The lowest BCUT2D eigenvalue weighted by Crippen LogP contribution is -2.49. The van der Waals surface area contributed by atoms with E-state index in [2.05, 4.69) is 11.9 Å². The molecule has 1 saturated heterocycles. The maximum absolute atomic E-state index is 11.9. The van der Waals surface area contributed by atoms with Gasteiger partial charge in [0.15, 0.2) is 6.23 Å². The Morgan fingerprint density at radius 3 is 2.64 bits per heavy atom. The Hall–Kier alpha value is -1.79. The van der Waals surface area contributed by atoms with E-state index in [0.717, 1.165) is 4.90 Å². The molecule has 0 aromatic rings. The number of nitrogens with zero attached hydrogens (tertiary/aromatic N) is 1. The molecule has 140 valence electrons. The third-order valence-corrected chi connectivity index (χ3v) is 4.53. The number of hydrogen-bond acceptors (Lipinski definition) is 7. The summed E-state index contributed by atoms with van der Waals surface area (Å²) in [6.45, 7) is 2.87. The normalized spacial score (nSPS) is 31.1. The summed E-state index contributed by atoms with van der Waals surface area (Å²) in [5.41, 5.74) is 5.18. The molecule has 25 heavy (non-hydrogen) atoms. The summed E-state index contributed by atoms with van der Waals surface area (Å²) in [4.78, 5) is 41.9. The fraction of sp³-hybridized carbons (Fsp3) is 0.500. The monoisotopic (exact) mass is 379 g/mol. The average Bonchev–Trinajstić information content (AvgIpc) is 2.74. The van der Waals surface area contributed by atoms with Gasteiger partial charge in [0.1, 0.15) is 18.3 Å². The molecular weight excluding hydrogens is 361 g/mol. The molecule has 0 radical (unpaired) electrons. The summed E-state index contributed by atoms with van der Waals surface area (Å²) in [7, 11) is -4.97. The van der Waals surface area contributed by atoms with Crippen molar-refractivity contribution in [3.63, 3.8) is 0 Å². The number of nitrogens with one attached hydrogen (secondary N) is 1. The molecule has 0 bridgehead atoms. The standard InChI is InChI=1S/C12H18N3O9P/c1-5-2-3-15(12(19)14-5)10-8(17)7(16)6(24-10)4-23-11(9(13)18)25(20,21)22/h2-3,6-8,10-11,16-17H,1,4H2,(H2,13,18)(H,14,19)(H2,20,21,22). The number of primary amides is 1. The highest BCUT2D eigenvalue weighted by molar-refractivity contribution is 7.53. The number of rotatable bonds is 6. The first-order valence-electron chi connectivity index (χ1n) is 6.96. The third-order valence-electron chi connectivity index (χ3n) is 3.52. The Bertz CT molecular complexity index is 648. The van der Waals surface area contributed by atoms with Gasteiger partial charge in [-0.05, 0) is 6.08 Å². The molecule has 5 unspecified atom stereocenters. The van der Waals surface area contributed by atoms with Crippen LogP contribution in [0.15, 0.2) is 24.6 Å². The second kappa shape index (κ2) is 7.22. The van der Waals surface area contributed by atoms with Gasteiger partial charge in [-0.3, -0.25) is 14.3 Å². The largest absolute Gasteiger partial charge is 0.387 e. The maximum atomic E-state index is 11.9. The molecule has 7 N–H and O–H groups in total. The molecule has 2 heterocycles. The van der Waals surface area contributed by atoms with Gasteiger partial charge in [0.2, 0.25) is 5.85 Å². The SMILES string of the molecule is C=C1C=CN(C2OC(COC(C(N)=O)P(=O)(O)O)C(O)C2O)C(=O)N1. The highest BCUT2D eigenvalue weighted by Gasteiger charge is 2.48. The Morgan fingerprint density at radius 1 is 1.48 bits per heavy atom.